The van der Waals surface area contributed by atoms with Crippen LogP contribution in [0.2, 0.25) is 0 Å². The van der Waals surface area contributed by atoms with E-state index in [0.29, 0.717) is 49.2 Å². The molecule has 2 aliphatic rings. The van der Waals surface area contributed by atoms with Crippen LogP contribution in [0.25, 0.3) is 0 Å². The molecule has 5 nitrogen and oxygen atoms in total. The number of aryl methyl sites for hydroxylation is 1. The maximum Gasteiger partial charge on any atom is 0.573 e. The lowest BCUT2D eigenvalue weighted by Crippen LogP contribution is -2.49. The van der Waals surface area contributed by atoms with Gasteiger partial charge in [0.1, 0.15) is 11.8 Å². The average Bonchev–Trinajstić information content (AvgIpc) is 3.21. The first-order valence-corrected chi connectivity index (χ1v) is 9.89. The average molecular weight is 418 g/mol. The van der Waals surface area contributed by atoms with Crippen molar-refractivity contribution in [2.45, 2.75) is 38.1 Å². The minimum absolute atomic E-state index is 0.183. The number of hydrogen-bond acceptors (Lipinski definition) is 3. The minimum Gasteiger partial charge on any atom is -0.406 e. The Kier molecular flexibility index (Phi) is 5.40. The predicted octanol–water partition coefficient (Wildman–Crippen LogP) is 4.17. The fraction of sp³-hybridized carbons (Fsp3) is 0.364. The normalized spacial score (nSPS) is 18.8. The Morgan fingerprint density at radius 3 is 2.50 bits per heavy atom. The summed E-state index contributed by atoms with van der Waals surface area (Å²) in [5, 5.41) is 0. The van der Waals surface area contributed by atoms with Gasteiger partial charge in [-0.2, -0.15) is 0 Å². The molecular formula is C22H21F3N2O3. The second kappa shape index (κ2) is 8.01. The standard InChI is InChI=1S/C22H21F3N2O3/c23-22(24,25)30-17-10-11-18-16(14-17)8-4-12-26(18)21(29)19-9-5-13-27(19)20(28)15-6-2-1-3-7-15/h1-3,6-7,10-11,14,19H,4-5,8-9,12-13H2. The fourth-order valence-electron chi connectivity index (χ4n) is 4.19. The molecule has 1 unspecified atom stereocenters. The number of rotatable bonds is 3. The molecule has 0 aromatic heterocycles. The van der Waals surface area contributed by atoms with Crippen molar-refractivity contribution in [3.8, 4) is 5.75 Å². The third-order valence-corrected chi connectivity index (χ3v) is 5.49. The number of carbonyl (C=O) groups excluding carboxylic acids is 2. The fourth-order valence-corrected chi connectivity index (χ4v) is 4.19. The zero-order chi connectivity index (χ0) is 21.3. The maximum absolute atomic E-state index is 13.3. The Labute approximate surface area is 172 Å². The summed E-state index contributed by atoms with van der Waals surface area (Å²) in [6, 6.07) is 12.3. The zero-order valence-corrected chi connectivity index (χ0v) is 16.2. The van der Waals surface area contributed by atoms with Gasteiger partial charge in [0.25, 0.3) is 5.91 Å². The minimum atomic E-state index is -4.76. The summed E-state index contributed by atoms with van der Waals surface area (Å²) in [5.74, 6) is -0.669. The van der Waals surface area contributed by atoms with Crippen LogP contribution in [0.3, 0.4) is 0 Å². The highest BCUT2D eigenvalue weighted by Crippen LogP contribution is 2.34. The molecule has 2 amide bonds. The number of benzene rings is 2. The van der Waals surface area contributed by atoms with Crippen LogP contribution in [-0.2, 0) is 11.2 Å². The van der Waals surface area contributed by atoms with E-state index >= 15 is 0 Å². The van der Waals surface area contributed by atoms with Gasteiger partial charge in [0.2, 0.25) is 5.91 Å². The molecule has 0 saturated carbocycles. The quantitative estimate of drug-likeness (QED) is 0.752. The Bertz CT molecular complexity index is 946. The van der Waals surface area contributed by atoms with Gasteiger partial charge < -0.3 is 14.5 Å². The van der Waals surface area contributed by atoms with E-state index in [1.165, 1.54) is 18.2 Å². The second-order valence-corrected chi connectivity index (χ2v) is 7.45. The number of hydrogen-bond donors (Lipinski definition) is 0. The van der Waals surface area contributed by atoms with Crippen LogP contribution in [-0.4, -0.2) is 42.2 Å². The molecule has 1 atom stereocenters. The van der Waals surface area contributed by atoms with Crippen LogP contribution in [0.15, 0.2) is 48.5 Å². The predicted molar refractivity (Wildman–Crippen MR) is 104 cm³/mol. The Hall–Kier alpha value is -3.03. The number of fused-ring (bicyclic) bond motifs is 1. The van der Waals surface area contributed by atoms with Crippen molar-refractivity contribution >= 4 is 17.5 Å². The molecule has 1 fully saturated rings. The van der Waals surface area contributed by atoms with Gasteiger partial charge in [0, 0.05) is 24.3 Å². The van der Waals surface area contributed by atoms with Crippen LogP contribution in [0.1, 0.15) is 35.2 Å². The molecule has 158 valence electrons. The summed E-state index contributed by atoms with van der Waals surface area (Å²) < 4.78 is 41.6. The topological polar surface area (TPSA) is 49.9 Å². The van der Waals surface area contributed by atoms with Crippen LogP contribution in [0.5, 0.6) is 5.75 Å². The lowest BCUT2D eigenvalue weighted by Gasteiger charge is -2.34. The van der Waals surface area contributed by atoms with Crippen molar-refractivity contribution < 1.29 is 27.5 Å². The Morgan fingerprint density at radius 1 is 1.00 bits per heavy atom. The number of carbonyl (C=O) groups is 2. The van der Waals surface area contributed by atoms with Crippen LogP contribution < -0.4 is 9.64 Å². The molecule has 0 aliphatic carbocycles. The molecule has 4 rings (SSSR count). The van der Waals surface area contributed by atoms with E-state index in [-0.39, 0.29) is 17.6 Å². The molecule has 0 N–H and O–H groups in total. The lowest BCUT2D eigenvalue weighted by atomic mass is 10.00. The SMILES string of the molecule is O=C(C1CCCN1C(=O)c1ccccc1)N1CCCc2cc(OC(F)(F)F)ccc21. The number of nitrogens with zero attached hydrogens (tertiary/aromatic N) is 2. The summed E-state index contributed by atoms with van der Waals surface area (Å²) in [6.45, 7) is 0.971. The largest absolute Gasteiger partial charge is 0.573 e. The number of anilines is 1. The van der Waals surface area contributed by atoms with Gasteiger partial charge >= 0.3 is 6.36 Å². The highest BCUT2D eigenvalue weighted by atomic mass is 19.4. The first kappa shape index (κ1) is 20.3. The smallest absolute Gasteiger partial charge is 0.406 e. The van der Waals surface area contributed by atoms with E-state index in [9.17, 15) is 22.8 Å². The van der Waals surface area contributed by atoms with Crippen molar-refractivity contribution in [2.24, 2.45) is 0 Å². The van der Waals surface area contributed by atoms with Crippen molar-refractivity contribution in [1.82, 2.24) is 4.90 Å². The highest BCUT2D eigenvalue weighted by Gasteiger charge is 2.38. The summed E-state index contributed by atoms with van der Waals surface area (Å²) in [7, 11) is 0. The molecule has 0 spiro atoms. The van der Waals surface area contributed by atoms with Gasteiger partial charge in [-0.25, -0.2) is 0 Å². The van der Waals surface area contributed by atoms with Gasteiger partial charge in [-0.1, -0.05) is 18.2 Å². The molecule has 30 heavy (non-hydrogen) atoms. The summed E-state index contributed by atoms with van der Waals surface area (Å²) in [5.41, 5.74) is 1.75. The summed E-state index contributed by atoms with van der Waals surface area (Å²) >= 11 is 0. The number of ether oxygens (including phenoxy) is 1. The van der Waals surface area contributed by atoms with Gasteiger partial charge in [0.05, 0.1) is 0 Å². The summed E-state index contributed by atoms with van der Waals surface area (Å²) in [6.07, 6.45) is -2.27. The number of alkyl halides is 3. The Morgan fingerprint density at radius 2 is 1.77 bits per heavy atom. The second-order valence-electron chi connectivity index (χ2n) is 7.45. The lowest BCUT2D eigenvalue weighted by molar-refractivity contribution is -0.274. The molecule has 0 bridgehead atoms. The number of amides is 2. The van der Waals surface area contributed by atoms with Gasteiger partial charge in [-0.15, -0.1) is 13.2 Å². The van der Waals surface area contributed by atoms with Gasteiger partial charge in [-0.3, -0.25) is 9.59 Å². The van der Waals surface area contributed by atoms with Gasteiger partial charge in [-0.05, 0) is 61.6 Å². The monoisotopic (exact) mass is 418 g/mol. The first-order valence-electron chi connectivity index (χ1n) is 9.89. The highest BCUT2D eigenvalue weighted by molar-refractivity contribution is 6.03. The van der Waals surface area contributed by atoms with Crippen molar-refractivity contribution in [2.75, 3.05) is 18.0 Å². The van der Waals surface area contributed by atoms with Crippen molar-refractivity contribution in [3.05, 3.63) is 59.7 Å². The molecule has 1 saturated heterocycles. The van der Waals surface area contributed by atoms with Crippen molar-refractivity contribution in [3.63, 3.8) is 0 Å². The molecule has 2 aromatic rings. The van der Waals surface area contributed by atoms with E-state index in [4.69, 9.17) is 0 Å². The third-order valence-electron chi connectivity index (χ3n) is 5.49. The molecule has 8 heteroatoms. The number of halogens is 3. The first-order chi connectivity index (χ1) is 14.3. The molecule has 2 heterocycles. The molecule has 2 aliphatic heterocycles. The molecule has 0 radical (unpaired) electrons. The summed E-state index contributed by atoms with van der Waals surface area (Å²) in [4.78, 5) is 29.4. The maximum atomic E-state index is 13.3. The van der Waals surface area contributed by atoms with E-state index in [2.05, 4.69) is 4.74 Å². The van der Waals surface area contributed by atoms with E-state index in [1.54, 1.807) is 34.1 Å². The van der Waals surface area contributed by atoms with Gasteiger partial charge in [0.15, 0.2) is 0 Å². The third kappa shape index (κ3) is 4.13. The van der Waals surface area contributed by atoms with Crippen LogP contribution >= 0.6 is 0 Å². The van der Waals surface area contributed by atoms with Crippen LogP contribution in [0.4, 0.5) is 18.9 Å². The Balaban J connectivity index is 1.56. The van der Waals surface area contributed by atoms with Crippen molar-refractivity contribution in [1.29, 1.82) is 0 Å². The van der Waals surface area contributed by atoms with E-state index in [1.807, 2.05) is 6.07 Å². The molecule has 2 aromatic carbocycles. The molecular weight excluding hydrogens is 397 g/mol. The van der Waals surface area contributed by atoms with E-state index < -0.39 is 12.4 Å². The van der Waals surface area contributed by atoms with E-state index in [0.717, 1.165) is 6.42 Å². The van der Waals surface area contributed by atoms with Crippen LogP contribution in [0, 0.1) is 0 Å². The zero-order valence-electron chi connectivity index (χ0n) is 16.2. The number of likely N-dealkylation sites (tertiary alicyclic amines) is 1.